The fourth-order valence-corrected chi connectivity index (χ4v) is 4.51. The van der Waals surface area contributed by atoms with Crippen molar-refractivity contribution < 1.29 is 17.9 Å². The fraction of sp³-hybridized carbons (Fsp3) is 0.208. The van der Waals surface area contributed by atoms with Crippen molar-refractivity contribution in [3.05, 3.63) is 94.5 Å². The SMILES string of the molecule is C[C@@H](NC(=O)COc1ccc(S(=O)(=O)NCCc2ccccc2)cc1)c1cccc(Br)c1. The summed E-state index contributed by atoms with van der Waals surface area (Å²) < 4.78 is 34.0. The van der Waals surface area contributed by atoms with Gasteiger partial charge < -0.3 is 10.1 Å². The number of rotatable bonds is 10. The van der Waals surface area contributed by atoms with E-state index in [1.54, 1.807) is 0 Å². The van der Waals surface area contributed by atoms with E-state index in [0.717, 1.165) is 15.6 Å². The van der Waals surface area contributed by atoms with E-state index in [1.807, 2.05) is 61.5 Å². The van der Waals surface area contributed by atoms with Gasteiger partial charge in [-0.15, -0.1) is 0 Å². The number of hydrogen-bond acceptors (Lipinski definition) is 4. The highest BCUT2D eigenvalue weighted by Gasteiger charge is 2.14. The van der Waals surface area contributed by atoms with Crippen molar-refractivity contribution in [1.82, 2.24) is 10.0 Å². The summed E-state index contributed by atoms with van der Waals surface area (Å²) in [5.74, 6) is 0.148. The van der Waals surface area contributed by atoms with E-state index in [0.29, 0.717) is 18.7 Å². The summed E-state index contributed by atoms with van der Waals surface area (Å²) in [4.78, 5) is 12.3. The number of nitrogens with one attached hydrogen (secondary N) is 2. The van der Waals surface area contributed by atoms with Crippen LogP contribution in [-0.4, -0.2) is 27.5 Å². The molecule has 32 heavy (non-hydrogen) atoms. The number of ether oxygens (including phenoxy) is 1. The zero-order chi connectivity index (χ0) is 23.0. The van der Waals surface area contributed by atoms with Gasteiger partial charge in [-0.25, -0.2) is 13.1 Å². The highest BCUT2D eigenvalue weighted by Crippen LogP contribution is 2.18. The molecule has 0 unspecified atom stereocenters. The van der Waals surface area contributed by atoms with Crippen LogP contribution in [0.2, 0.25) is 0 Å². The van der Waals surface area contributed by atoms with Gasteiger partial charge in [0, 0.05) is 11.0 Å². The van der Waals surface area contributed by atoms with Crippen LogP contribution < -0.4 is 14.8 Å². The van der Waals surface area contributed by atoms with Gasteiger partial charge in [-0.05, 0) is 60.9 Å². The average molecular weight is 517 g/mol. The third-order valence-electron chi connectivity index (χ3n) is 4.78. The summed E-state index contributed by atoms with van der Waals surface area (Å²) in [6, 6.07) is 23.2. The Morgan fingerprint density at radius 1 is 1.00 bits per heavy atom. The Kier molecular flexibility index (Phi) is 8.44. The predicted molar refractivity (Wildman–Crippen MR) is 128 cm³/mol. The lowest BCUT2D eigenvalue weighted by Gasteiger charge is -2.15. The van der Waals surface area contributed by atoms with Gasteiger partial charge in [-0.2, -0.15) is 0 Å². The summed E-state index contributed by atoms with van der Waals surface area (Å²) in [7, 11) is -3.62. The maximum Gasteiger partial charge on any atom is 0.258 e. The van der Waals surface area contributed by atoms with Crippen molar-refractivity contribution in [1.29, 1.82) is 0 Å². The maximum atomic E-state index is 12.5. The van der Waals surface area contributed by atoms with Gasteiger partial charge in [0.2, 0.25) is 10.0 Å². The van der Waals surface area contributed by atoms with Crippen LogP contribution in [0.4, 0.5) is 0 Å². The average Bonchev–Trinajstić information content (AvgIpc) is 2.78. The highest BCUT2D eigenvalue weighted by atomic mass is 79.9. The number of hydrogen-bond donors (Lipinski definition) is 2. The molecule has 6 nitrogen and oxygen atoms in total. The van der Waals surface area contributed by atoms with E-state index >= 15 is 0 Å². The zero-order valence-electron chi connectivity index (χ0n) is 17.6. The molecule has 0 aliphatic rings. The van der Waals surface area contributed by atoms with Crippen molar-refractivity contribution in [2.45, 2.75) is 24.3 Å². The molecule has 0 aliphatic heterocycles. The molecule has 3 aromatic rings. The van der Waals surface area contributed by atoms with Crippen molar-refractivity contribution in [3.63, 3.8) is 0 Å². The first-order chi connectivity index (χ1) is 15.3. The van der Waals surface area contributed by atoms with Crippen LogP contribution in [-0.2, 0) is 21.2 Å². The van der Waals surface area contributed by atoms with Crippen LogP contribution in [0.5, 0.6) is 5.75 Å². The van der Waals surface area contributed by atoms with Crippen molar-refractivity contribution in [2.75, 3.05) is 13.2 Å². The van der Waals surface area contributed by atoms with Gasteiger partial charge in [0.05, 0.1) is 10.9 Å². The Hall–Kier alpha value is -2.68. The molecular weight excluding hydrogens is 492 g/mol. The van der Waals surface area contributed by atoms with Crippen molar-refractivity contribution >= 4 is 31.9 Å². The summed E-state index contributed by atoms with van der Waals surface area (Å²) in [6.45, 7) is 2.03. The number of amides is 1. The third kappa shape index (κ3) is 7.19. The van der Waals surface area contributed by atoms with E-state index in [4.69, 9.17) is 4.74 Å². The van der Waals surface area contributed by atoms with Crippen LogP contribution in [0.3, 0.4) is 0 Å². The maximum absolute atomic E-state index is 12.5. The summed E-state index contributed by atoms with van der Waals surface area (Å²) in [6.07, 6.45) is 0.606. The first-order valence-electron chi connectivity index (χ1n) is 10.1. The van der Waals surface area contributed by atoms with Gasteiger partial charge in [-0.3, -0.25) is 4.79 Å². The summed E-state index contributed by atoms with van der Waals surface area (Å²) in [5, 5.41) is 2.88. The molecule has 0 aliphatic carbocycles. The minimum Gasteiger partial charge on any atom is -0.484 e. The monoisotopic (exact) mass is 516 g/mol. The molecule has 2 N–H and O–H groups in total. The molecule has 8 heteroatoms. The molecule has 0 radical (unpaired) electrons. The second kappa shape index (κ2) is 11.3. The second-order valence-electron chi connectivity index (χ2n) is 7.24. The Balaban J connectivity index is 1.47. The van der Waals surface area contributed by atoms with Gasteiger partial charge >= 0.3 is 0 Å². The lowest BCUT2D eigenvalue weighted by Crippen LogP contribution is -2.31. The predicted octanol–water partition coefficient (Wildman–Crippen LogP) is 4.23. The number of halogens is 1. The van der Waals surface area contributed by atoms with E-state index in [9.17, 15) is 13.2 Å². The molecule has 0 bridgehead atoms. The Bertz CT molecular complexity index is 1140. The van der Waals surface area contributed by atoms with Gasteiger partial charge in [-0.1, -0.05) is 58.4 Å². The van der Waals surface area contributed by atoms with Gasteiger partial charge in [0.25, 0.3) is 5.91 Å². The first-order valence-corrected chi connectivity index (χ1v) is 12.4. The number of carbonyl (C=O) groups is 1. The molecular formula is C24H25BrN2O4S. The minimum atomic E-state index is -3.62. The van der Waals surface area contributed by atoms with Crippen LogP contribution in [0, 0.1) is 0 Å². The molecule has 0 spiro atoms. The third-order valence-corrected chi connectivity index (χ3v) is 6.75. The highest BCUT2D eigenvalue weighted by molar-refractivity contribution is 9.10. The van der Waals surface area contributed by atoms with E-state index in [1.165, 1.54) is 24.3 Å². The Morgan fingerprint density at radius 2 is 1.72 bits per heavy atom. The topological polar surface area (TPSA) is 84.5 Å². The van der Waals surface area contributed by atoms with Crippen LogP contribution >= 0.6 is 15.9 Å². The van der Waals surface area contributed by atoms with Crippen LogP contribution in [0.1, 0.15) is 24.1 Å². The van der Waals surface area contributed by atoms with Crippen LogP contribution in [0.15, 0.2) is 88.2 Å². The van der Waals surface area contributed by atoms with E-state index in [-0.39, 0.29) is 23.5 Å². The minimum absolute atomic E-state index is 0.144. The normalized spacial score (nSPS) is 12.2. The molecule has 0 fully saturated rings. The second-order valence-corrected chi connectivity index (χ2v) is 9.92. The van der Waals surface area contributed by atoms with Crippen molar-refractivity contribution in [3.8, 4) is 5.75 Å². The first kappa shape index (κ1) is 24.0. The molecule has 0 saturated carbocycles. The van der Waals surface area contributed by atoms with Gasteiger partial charge in [0.1, 0.15) is 5.75 Å². The largest absolute Gasteiger partial charge is 0.484 e. The molecule has 0 aromatic heterocycles. The summed E-state index contributed by atoms with van der Waals surface area (Å²) >= 11 is 3.42. The lowest BCUT2D eigenvalue weighted by molar-refractivity contribution is -0.123. The molecule has 1 amide bonds. The molecule has 0 heterocycles. The summed E-state index contributed by atoms with van der Waals surface area (Å²) in [5.41, 5.74) is 2.04. The van der Waals surface area contributed by atoms with Crippen LogP contribution in [0.25, 0.3) is 0 Å². The molecule has 3 rings (SSSR count). The number of benzene rings is 3. The molecule has 1 atom stereocenters. The van der Waals surface area contributed by atoms with Gasteiger partial charge in [0.15, 0.2) is 6.61 Å². The Morgan fingerprint density at radius 3 is 2.41 bits per heavy atom. The smallest absolute Gasteiger partial charge is 0.258 e. The Labute approximate surface area is 197 Å². The molecule has 168 valence electrons. The zero-order valence-corrected chi connectivity index (χ0v) is 20.0. The molecule has 3 aromatic carbocycles. The quantitative estimate of drug-likeness (QED) is 0.422. The standard InChI is InChI=1S/C24H25BrN2O4S/c1-18(20-8-5-9-21(25)16-20)27-24(28)17-31-22-10-12-23(13-11-22)32(29,30)26-15-14-19-6-3-2-4-7-19/h2-13,16,18,26H,14-15,17H2,1H3,(H,27,28)/t18-/m1/s1. The van der Waals surface area contributed by atoms with E-state index in [2.05, 4.69) is 26.0 Å². The number of sulfonamides is 1. The van der Waals surface area contributed by atoms with E-state index < -0.39 is 10.0 Å². The lowest BCUT2D eigenvalue weighted by atomic mass is 10.1. The van der Waals surface area contributed by atoms with Crippen molar-refractivity contribution in [2.24, 2.45) is 0 Å². The fourth-order valence-electron chi connectivity index (χ4n) is 3.06. The number of carbonyl (C=O) groups excluding carboxylic acids is 1. The molecule has 0 saturated heterocycles.